The second-order valence-electron chi connectivity index (χ2n) is 2.39. The van der Waals surface area contributed by atoms with Crippen molar-refractivity contribution in [3.8, 4) is 0 Å². The van der Waals surface area contributed by atoms with Gasteiger partial charge in [-0.05, 0) is 18.6 Å². The van der Waals surface area contributed by atoms with Gasteiger partial charge in [0.25, 0.3) is 0 Å². The first-order valence-corrected chi connectivity index (χ1v) is 4.49. The molecular weight excluding hydrogens is 190 g/mol. The first kappa shape index (κ1) is 9.99. The number of esters is 1. The Hall–Kier alpha value is -1.09. The molecule has 1 heterocycles. The lowest BCUT2D eigenvalue weighted by Crippen LogP contribution is -2.07. The number of hydrogen-bond acceptors (Lipinski definition) is 3. The molecule has 0 unspecified atom stereocenters. The molecule has 4 heteroatoms. The maximum Gasteiger partial charge on any atom is 0.340 e. The topological polar surface area (TPSA) is 39.2 Å². The fourth-order valence-electron chi connectivity index (χ4n) is 0.932. The fourth-order valence-corrected chi connectivity index (χ4v) is 1.17. The minimum Gasteiger partial charge on any atom is -0.462 e. The van der Waals surface area contributed by atoms with Crippen molar-refractivity contribution in [3.05, 3.63) is 29.6 Å². The van der Waals surface area contributed by atoms with Crippen LogP contribution < -0.4 is 0 Å². The summed E-state index contributed by atoms with van der Waals surface area (Å²) >= 11 is 5.64. The van der Waals surface area contributed by atoms with E-state index in [1.807, 2.05) is 0 Å². The predicted octanol–water partition coefficient (Wildman–Crippen LogP) is 2.00. The minimum absolute atomic E-state index is 0.288. The van der Waals surface area contributed by atoms with Crippen LogP contribution in [0, 0.1) is 0 Å². The van der Waals surface area contributed by atoms with E-state index in [4.69, 9.17) is 16.3 Å². The summed E-state index contributed by atoms with van der Waals surface area (Å²) in [5.74, 6) is -0.0809. The molecule has 0 N–H and O–H groups in total. The fraction of sp³-hybridized carbons (Fsp3) is 0.333. The second kappa shape index (κ2) is 4.82. The molecule has 1 aromatic heterocycles. The Labute approximate surface area is 81.7 Å². The van der Waals surface area contributed by atoms with Gasteiger partial charge in [-0.25, -0.2) is 4.79 Å². The zero-order valence-electron chi connectivity index (χ0n) is 7.29. The maximum absolute atomic E-state index is 11.3. The zero-order valence-corrected chi connectivity index (χ0v) is 8.04. The summed E-state index contributed by atoms with van der Waals surface area (Å²) in [6.45, 7) is 2.12. The van der Waals surface area contributed by atoms with Crippen LogP contribution in [-0.2, 0) is 10.6 Å². The normalized spacial score (nSPS) is 9.69. The molecule has 0 aliphatic rings. The highest BCUT2D eigenvalue weighted by atomic mass is 35.5. The zero-order chi connectivity index (χ0) is 9.68. The Morgan fingerprint density at radius 2 is 2.46 bits per heavy atom. The number of aromatic nitrogens is 1. The maximum atomic E-state index is 11.3. The molecule has 1 aromatic rings. The molecule has 0 atom stereocenters. The molecular formula is C9H10ClNO2. The van der Waals surface area contributed by atoms with E-state index < -0.39 is 0 Å². The third-order valence-corrected chi connectivity index (χ3v) is 1.84. The molecule has 0 aliphatic carbocycles. The van der Waals surface area contributed by atoms with E-state index in [2.05, 4.69) is 4.98 Å². The van der Waals surface area contributed by atoms with Crippen LogP contribution >= 0.6 is 11.6 Å². The smallest absolute Gasteiger partial charge is 0.340 e. The van der Waals surface area contributed by atoms with Gasteiger partial charge < -0.3 is 4.74 Å². The molecule has 13 heavy (non-hydrogen) atoms. The number of nitrogens with zero attached hydrogens (tertiary/aromatic N) is 1. The van der Waals surface area contributed by atoms with Gasteiger partial charge in [0.05, 0.1) is 12.2 Å². The van der Waals surface area contributed by atoms with Crippen LogP contribution in [0.25, 0.3) is 0 Å². The summed E-state index contributed by atoms with van der Waals surface area (Å²) < 4.78 is 4.83. The summed E-state index contributed by atoms with van der Waals surface area (Å²) in [6.07, 6.45) is 3.07. The van der Waals surface area contributed by atoms with Crippen LogP contribution in [-0.4, -0.2) is 17.6 Å². The molecule has 0 fully saturated rings. The third kappa shape index (κ3) is 2.42. The lowest BCUT2D eigenvalue weighted by Gasteiger charge is -2.04. The largest absolute Gasteiger partial charge is 0.462 e. The number of pyridine rings is 1. The molecule has 0 aromatic carbocycles. The van der Waals surface area contributed by atoms with Crippen LogP contribution in [0.5, 0.6) is 0 Å². The van der Waals surface area contributed by atoms with E-state index in [9.17, 15) is 4.79 Å². The molecule has 0 aliphatic heterocycles. The summed E-state index contributed by atoms with van der Waals surface area (Å²) in [5, 5.41) is 0. The molecule has 1 rings (SSSR count). The predicted molar refractivity (Wildman–Crippen MR) is 49.8 cm³/mol. The highest BCUT2D eigenvalue weighted by Gasteiger charge is 2.10. The lowest BCUT2D eigenvalue weighted by atomic mass is 10.2. The average molecular weight is 200 g/mol. The van der Waals surface area contributed by atoms with Gasteiger partial charge in [0, 0.05) is 18.3 Å². The number of halogens is 1. The highest BCUT2D eigenvalue weighted by Crippen LogP contribution is 2.10. The first-order valence-electron chi connectivity index (χ1n) is 3.95. The van der Waals surface area contributed by atoms with Crippen LogP contribution in [0.3, 0.4) is 0 Å². The van der Waals surface area contributed by atoms with Gasteiger partial charge in [0.1, 0.15) is 0 Å². The Morgan fingerprint density at radius 3 is 3.08 bits per heavy atom. The van der Waals surface area contributed by atoms with Gasteiger partial charge in [-0.15, -0.1) is 11.6 Å². The Bertz CT molecular complexity index is 301. The van der Waals surface area contributed by atoms with Crippen LogP contribution in [0.15, 0.2) is 18.5 Å². The van der Waals surface area contributed by atoms with Crippen molar-refractivity contribution in [2.24, 2.45) is 0 Å². The summed E-state index contributed by atoms with van der Waals surface area (Å²) in [5.41, 5.74) is 1.19. The Morgan fingerprint density at radius 1 is 1.69 bits per heavy atom. The van der Waals surface area contributed by atoms with E-state index in [-0.39, 0.29) is 11.8 Å². The Kier molecular flexibility index (Phi) is 3.71. The summed E-state index contributed by atoms with van der Waals surface area (Å²) in [7, 11) is 0. The highest BCUT2D eigenvalue weighted by molar-refractivity contribution is 6.17. The number of carbonyl (C=O) groups is 1. The Balaban J connectivity index is 2.92. The van der Waals surface area contributed by atoms with Crippen LogP contribution in [0.4, 0.5) is 0 Å². The molecule has 0 saturated carbocycles. The van der Waals surface area contributed by atoms with Gasteiger partial charge in [-0.3, -0.25) is 4.98 Å². The summed E-state index contributed by atoms with van der Waals surface area (Å²) in [4.78, 5) is 15.1. The van der Waals surface area contributed by atoms with E-state index >= 15 is 0 Å². The van der Waals surface area contributed by atoms with Crippen molar-refractivity contribution in [2.45, 2.75) is 12.8 Å². The van der Waals surface area contributed by atoms with Crippen molar-refractivity contribution in [1.29, 1.82) is 0 Å². The molecule has 0 radical (unpaired) electrons. The van der Waals surface area contributed by atoms with Crippen molar-refractivity contribution in [1.82, 2.24) is 4.98 Å². The first-order chi connectivity index (χ1) is 6.29. The lowest BCUT2D eigenvalue weighted by molar-refractivity contribution is 0.0525. The average Bonchev–Trinajstić information content (AvgIpc) is 2.18. The van der Waals surface area contributed by atoms with Crippen LogP contribution in [0.1, 0.15) is 22.8 Å². The monoisotopic (exact) mass is 199 g/mol. The van der Waals surface area contributed by atoms with E-state index in [1.165, 1.54) is 6.20 Å². The van der Waals surface area contributed by atoms with E-state index in [0.29, 0.717) is 12.2 Å². The quantitative estimate of drug-likeness (QED) is 0.552. The van der Waals surface area contributed by atoms with Crippen molar-refractivity contribution >= 4 is 17.6 Å². The molecule has 70 valence electrons. The van der Waals surface area contributed by atoms with E-state index in [1.54, 1.807) is 19.2 Å². The standard InChI is InChI=1S/C9H10ClNO2/c1-2-13-9(12)8-6-11-4-3-7(8)5-10/h3-4,6H,2,5H2,1H3. The summed E-state index contributed by atoms with van der Waals surface area (Å²) in [6, 6.07) is 1.71. The van der Waals surface area contributed by atoms with Gasteiger partial charge in [-0.1, -0.05) is 0 Å². The molecule has 0 amide bonds. The molecule has 3 nitrogen and oxygen atoms in total. The number of alkyl halides is 1. The molecule has 0 saturated heterocycles. The number of ether oxygens (including phenoxy) is 1. The van der Waals surface area contributed by atoms with Crippen molar-refractivity contribution < 1.29 is 9.53 Å². The van der Waals surface area contributed by atoms with Gasteiger partial charge in [0.2, 0.25) is 0 Å². The van der Waals surface area contributed by atoms with Gasteiger partial charge in [-0.2, -0.15) is 0 Å². The van der Waals surface area contributed by atoms with Crippen LogP contribution in [0.2, 0.25) is 0 Å². The second-order valence-corrected chi connectivity index (χ2v) is 2.65. The SMILES string of the molecule is CCOC(=O)c1cnccc1CCl. The van der Waals surface area contributed by atoms with Gasteiger partial charge >= 0.3 is 5.97 Å². The van der Waals surface area contributed by atoms with Crippen molar-refractivity contribution in [3.63, 3.8) is 0 Å². The number of rotatable bonds is 3. The minimum atomic E-state index is -0.369. The third-order valence-electron chi connectivity index (χ3n) is 1.55. The number of hydrogen-bond donors (Lipinski definition) is 0. The van der Waals surface area contributed by atoms with E-state index in [0.717, 1.165) is 5.56 Å². The molecule has 0 spiro atoms. The number of carbonyl (C=O) groups excluding carboxylic acids is 1. The molecule has 0 bridgehead atoms. The van der Waals surface area contributed by atoms with Gasteiger partial charge in [0.15, 0.2) is 0 Å². The van der Waals surface area contributed by atoms with Crippen molar-refractivity contribution in [2.75, 3.05) is 6.61 Å².